The van der Waals surface area contributed by atoms with Gasteiger partial charge in [-0.1, -0.05) is 0 Å². The van der Waals surface area contributed by atoms with Crippen LogP contribution in [0.3, 0.4) is 0 Å². The summed E-state index contributed by atoms with van der Waals surface area (Å²) in [5.74, 6) is 0. The largest absolute Gasteiger partial charge is 0.359 e. The Kier molecular flexibility index (Phi) is 1.65. The summed E-state index contributed by atoms with van der Waals surface area (Å²) in [6, 6.07) is 0. The minimum Gasteiger partial charge on any atom is -0.359 e. The van der Waals surface area contributed by atoms with E-state index in [-0.39, 0.29) is 6.10 Å². The van der Waals surface area contributed by atoms with E-state index in [1.807, 2.05) is 6.92 Å². The standard InChI is InChI=1S/C6H10O2/c1-5-3-6(5)8-4-7-2/h3,6H,4H2,1-2H3. The third kappa shape index (κ3) is 1.32. The van der Waals surface area contributed by atoms with Crippen molar-refractivity contribution in [2.24, 2.45) is 0 Å². The molecule has 0 aliphatic heterocycles. The van der Waals surface area contributed by atoms with Crippen molar-refractivity contribution >= 4 is 0 Å². The highest BCUT2D eigenvalue weighted by molar-refractivity contribution is 5.29. The molecule has 0 N–H and O–H groups in total. The Morgan fingerprint density at radius 1 is 1.75 bits per heavy atom. The first-order valence-electron chi connectivity index (χ1n) is 2.63. The molecule has 8 heavy (non-hydrogen) atoms. The van der Waals surface area contributed by atoms with Crippen molar-refractivity contribution in [3.05, 3.63) is 11.6 Å². The average molecular weight is 114 g/mol. The van der Waals surface area contributed by atoms with Crippen LogP contribution in [0.25, 0.3) is 0 Å². The molecule has 0 saturated carbocycles. The first-order chi connectivity index (χ1) is 3.84. The topological polar surface area (TPSA) is 18.5 Å². The molecule has 0 bridgehead atoms. The third-order valence-corrected chi connectivity index (χ3v) is 1.12. The summed E-state index contributed by atoms with van der Waals surface area (Å²) in [4.78, 5) is 0. The summed E-state index contributed by atoms with van der Waals surface area (Å²) in [7, 11) is 1.62. The Hall–Kier alpha value is -0.340. The molecule has 0 saturated heterocycles. The van der Waals surface area contributed by atoms with E-state index in [1.54, 1.807) is 7.11 Å². The number of methoxy groups -OCH3 is 1. The van der Waals surface area contributed by atoms with Crippen molar-refractivity contribution in [2.75, 3.05) is 13.9 Å². The van der Waals surface area contributed by atoms with Gasteiger partial charge in [0.1, 0.15) is 6.79 Å². The molecule has 1 aliphatic carbocycles. The number of hydrogen-bond acceptors (Lipinski definition) is 2. The molecule has 0 aromatic carbocycles. The highest BCUT2D eigenvalue weighted by Crippen LogP contribution is 2.21. The van der Waals surface area contributed by atoms with Crippen LogP contribution in [-0.4, -0.2) is 20.0 Å². The number of rotatable bonds is 3. The normalized spacial score (nSPS) is 25.2. The molecule has 0 spiro atoms. The lowest BCUT2D eigenvalue weighted by molar-refractivity contribution is -0.0336. The van der Waals surface area contributed by atoms with Gasteiger partial charge in [0, 0.05) is 7.11 Å². The van der Waals surface area contributed by atoms with Crippen molar-refractivity contribution in [3.63, 3.8) is 0 Å². The zero-order valence-corrected chi connectivity index (χ0v) is 5.18. The molecule has 0 aromatic heterocycles. The predicted octanol–water partition coefficient (Wildman–Crippen LogP) is 0.935. The highest BCUT2D eigenvalue weighted by Gasteiger charge is 2.19. The fraction of sp³-hybridized carbons (Fsp3) is 0.667. The second-order valence-electron chi connectivity index (χ2n) is 1.90. The Morgan fingerprint density at radius 3 is 2.75 bits per heavy atom. The first kappa shape index (κ1) is 5.79. The summed E-state index contributed by atoms with van der Waals surface area (Å²) in [6.45, 7) is 2.44. The van der Waals surface area contributed by atoms with Crippen molar-refractivity contribution in [3.8, 4) is 0 Å². The van der Waals surface area contributed by atoms with E-state index in [0.717, 1.165) is 0 Å². The van der Waals surface area contributed by atoms with Gasteiger partial charge in [-0.25, -0.2) is 0 Å². The minimum absolute atomic E-state index is 0.287. The lowest BCUT2D eigenvalue weighted by Gasteiger charge is -1.98. The fourth-order valence-corrected chi connectivity index (χ4v) is 0.512. The van der Waals surface area contributed by atoms with Crippen LogP contribution in [0.15, 0.2) is 11.6 Å². The SMILES string of the molecule is COCOC1C=C1C. The van der Waals surface area contributed by atoms with E-state index in [0.29, 0.717) is 6.79 Å². The van der Waals surface area contributed by atoms with Gasteiger partial charge in [-0.05, 0) is 18.6 Å². The number of hydrogen-bond donors (Lipinski definition) is 0. The van der Waals surface area contributed by atoms with Crippen LogP contribution in [0.1, 0.15) is 6.92 Å². The van der Waals surface area contributed by atoms with Crippen LogP contribution in [0.2, 0.25) is 0 Å². The maximum absolute atomic E-state index is 5.10. The van der Waals surface area contributed by atoms with Gasteiger partial charge in [-0.15, -0.1) is 0 Å². The molecule has 2 heteroatoms. The minimum atomic E-state index is 0.287. The Balaban J connectivity index is 1.92. The van der Waals surface area contributed by atoms with Gasteiger partial charge in [0.15, 0.2) is 0 Å². The quantitative estimate of drug-likeness (QED) is 0.401. The lowest BCUT2D eigenvalue weighted by atomic mass is 10.5. The van der Waals surface area contributed by atoms with Crippen molar-refractivity contribution < 1.29 is 9.47 Å². The molecular formula is C6H10O2. The van der Waals surface area contributed by atoms with Crippen molar-refractivity contribution in [2.45, 2.75) is 13.0 Å². The molecule has 0 fully saturated rings. The van der Waals surface area contributed by atoms with E-state index in [9.17, 15) is 0 Å². The maximum Gasteiger partial charge on any atom is 0.147 e. The molecule has 1 atom stereocenters. The summed E-state index contributed by atoms with van der Waals surface area (Å²) in [5, 5.41) is 0. The van der Waals surface area contributed by atoms with Crippen LogP contribution in [0.4, 0.5) is 0 Å². The zero-order chi connectivity index (χ0) is 5.98. The van der Waals surface area contributed by atoms with E-state index in [1.165, 1.54) is 5.57 Å². The zero-order valence-electron chi connectivity index (χ0n) is 5.18. The van der Waals surface area contributed by atoms with Gasteiger partial charge in [0.05, 0.1) is 6.10 Å². The molecule has 0 radical (unpaired) electrons. The van der Waals surface area contributed by atoms with Gasteiger partial charge in [-0.3, -0.25) is 0 Å². The highest BCUT2D eigenvalue weighted by atomic mass is 16.7. The number of ether oxygens (including phenoxy) is 2. The average Bonchev–Trinajstić information content (AvgIpc) is 2.42. The Labute approximate surface area is 49.1 Å². The van der Waals surface area contributed by atoms with Crippen molar-refractivity contribution in [1.82, 2.24) is 0 Å². The van der Waals surface area contributed by atoms with Crippen LogP contribution in [-0.2, 0) is 9.47 Å². The molecule has 2 nitrogen and oxygen atoms in total. The van der Waals surface area contributed by atoms with Gasteiger partial charge in [0.2, 0.25) is 0 Å². The monoisotopic (exact) mass is 114 g/mol. The summed E-state index contributed by atoms with van der Waals surface area (Å²) < 4.78 is 9.78. The molecule has 0 heterocycles. The molecule has 0 aromatic rings. The third-order valence-electron chi connectivity index (χ3n) is 1.12. The molecule has 46 valence electrons. The predicted molar refractivity (Wildman–Crippen MR) is 30.5 cm³/mol. The van der Waals surface area contributed by atoms with Crippen LogP contribution < -0.4 is 0 Å². The van der Waals surface area contributed by atoms with E-state index < -0.39 is 0 Å². The van der Waals surface area contributed by atoms with Gasteiger partial charge in [0.25, 0.3) is 0 Å². The smallest absolute Gasteiger partial charge is 0.147 e. The molecular weight excluding hydrogens is 104 g/mol. The van der Waals surface area contributed by atoms with E-state index >= 15 is 0 Å². The summed E-state index contributed by atoms with van der Waals surface area (Å²) >= 11 is 0. The Bertz CT molecular complexity index is 107. The lowest BCUT2D eigenvalue weighted by Crippen LogP contribution is -1.99. The first-order valence-corrected chi connectivity index (χ1v) is 2.63. The van der Waals surface area contributed by atoms with Crippen LogP contribution >= 0.6 is 0 Å². The van der Waals surface area contributed by atoms with Crippen LogP contribution in [0.5, 0.6) is 0 Å². The fourth-order valence-electron chi connectivity index (χ4n) is 0.512. The van der Waals surface area contributed by atoms with E-state index in [2.05, 4.69) is 10.8 Å². The summed E-state index contributed by atoms with van der Waals surface area (Å²) in [5.41, 5.74) is 1.31. The van der Waals surface area contributed by atoms with Crippen molar-refractivity contribution in [1.29, 1.82) is 0 Å². The second-order valence-corrected chi connectivity index (χ2v) is 1.90. The van der Waals surface area contributed by atoms with Gasteiger partial charge in [-0.2, -0.15) is 0 Å². The van der Waals surface area contributed by atoms with E-state index in [4.69, 9.17) is 4.74 Å². The molecule has 0 amide bonds. The van der Waals surface area contributed by atoms with Gasteiger partial charge < -0.3 is 9.47 Å². The van der Waals surface area contributed by atoms with Crippen LogP contribution in [0, 0.1) is 0 Å². The molecule has 1 rings (SSSR count). The molecule has 1 unspecified atom stereocenters. The van der Waals surface area contributed by atoms with Gasteiger partial charge >= 0.3 is 0 Å². The Morgan fingerprint density at radius 2 is 2.38 bits per heavy atom. The second kappa shape index (κ2) is 2.29. The molecule has 1 aliphatic rings. The summed E-state index contributed by atoms with van der Waals surface area (Å²) in [6.07, 6.45) is 2.34. The maximum atomic E-state index is 5.10.